The number of carboxylic acids is 1. The van der Waals surface area contributed by atoms with Crippen LogP contribution in [-0.4, -0.2) is 17.2 Å². The van der Waals surface area contributed by atoms with Crippen LogP contribution in [0.1, 0.15) is 29.8 Å². The lowest BCUT2D eigenvalue weighted by Gasteiger charge is -2.11. The van der Waals surface area contributed by atoms with Gasteiger partial charge in [-0.1, -0.05) is 24.3 Å². The third-order valence-electron chi connectivity index (χ3n) is 3.88. The average Bonchev–Trinajstić information content (AvgIpc) is 2.60. The van der Waals surface area contributed by atoms with Crippen molar-refractivity contribution in [2.45, 2.75) is 26.5 Å². The lowest BCUT2D eigenvalue weighted by atomic mass is 10.1. The van der Waals surface area contributed by atoms with Crippen LogP contribution in [0.2, 0.25) is 0 Å². The molecule has 0 saturated carbocycles. The third-order valence-corrected chi connectivity index (χ3v) is 3.88. The van der Waals surface area contributed by atoms with Crippen LogP contribution in [0.4, 0.5) is 5.69 Å². The molecule has 25 heavy (non-hydrogen) atoms. The van der Waals surface area contributed by atoms with E-state index in [4.69, 9.17) is 9.84 Å². The summed E-state index contributed by atoms with van der Waals surface area (Å²) in [5.74, 6) is -0.0346. The molecule has 3 aromatic carbocycles. The van der Waals surface area contributed by atoms with E-state index in [1.807, 2.05) is 62.4 Å². The SMILES string of the molecule is CC(C)Oc1ccc(CNc2ccc3cc(C(=O)O)ccc3c2)cc1. The van der Waals surface area contributed by atoms with Crippen molar-refractivity contribution in [3.8, 4) is 5.75 Å². The minimum absolute atomic E-state index is 0.170. The molecule has 0 atom stereocenters. The van der Waals surface area contributed by atoms with E-state index in [1.165, 1.54) is 0 Å². The molecule has 0 aliphatic heterocycles. The Hall–Kier alpha value is -3.01. The number of carbonyl (C=O) groups is 1. The summed E-state index contributed by atoms with van der Waals surface area (Å²) in [7, 11) is 0. The first-order valence-corrected chi connectivity index (χ1v) is 8.28. The second kappa shape index (κ2) is 7.26. The van der Waals surface area contributed by atoms with Gasteiger partial charge in [-0.2, -0.15) is 0 Å². The molecule has 3 aromatic rings. The number of hydrogen-bond donors (Lipinski definition) is 2. The van der Waals surface area contributed by atoms with Crippen molar-refractivity contribution < 1.29 is 14.6 Å². The van der Waals surface area contributed by atoms with Crippen molar-refractivity contribution in [2.75, 3.05) is 5.32 Å². The molecular weight excluding hydrogens is 314 g/mol. The number of rotatable bonds is 6. The Balaban J connectivity index is 1.68. The van der Waals surface area contributed by atoms with Gasteiger partial charge in [0.15, 0.2) is 0 Å². The molecule has 0 spiro atoms. The van der Waals surface area contributed by atoms with Crippen molar-refractivity contribution in [1.29, 1.82) is 0 Å². The molecule has 0 aliphatic carbocycles. The van der Waals surface area contributed by atoms with Gasteiger partial charge in [-0.25, -0.2) is 4.79 Å². The van der Waals surface area contributed by atoms with Crippen LogP contribution < -0.4 is 10.1 Å². The Labute approximate surface area is 147 Å². The zero-order chi connectivity index (χ0) is 17.8. The van der Waals surface area contributed by atoms with Crippen molar-refractivity contribution in [1.82, 2.24) is 0 Å². The Morgan fingerprint density at radius 1 is 1.00 bits per heavy atom. The molecule has 3 rings (SSSR count). The van der Waals surface area contributed by atoms with E-state index >= 15 is 0 Å². The summed E-state index contributed by atoms with van der Waals surface area (Å²) >= 11 is 0. The topological polar surface area (TPSA) is 58.6 Å². The van der Waals surface area contributed by atoms with Crippen LogP contribution in [0.3, 0.4) is 0 Å². The first-order chi connectivity index (χ1) is 12.0. The molecular formula is C21H21NO3. The van der Waals surface area contributed by atoms with Crippen LogP contribution in [0.5, 0.6) is 5.75 Å². The highest BCUT2D eigenvalue weighted by Crippen LogP contribution is 2.22. The highest BCUT2D eigenvalue weighted by atomic mass is 16.5. The fourth-order valence-corrected chi connectivity index (χ4v) is 2.65. The Morgan fingerprint density at radius 3 is 2.36 bits per heavy atom. The molecule has 0 unspecified atom stereocenters. The summed E-state index contributed by atoms with van der Waals surface area (Å²) in [4.78, 5) is 11.0. The van der Waals surface area contributed by atoms with E-state index in [0.29, 0.717) is 12.1 Å². The zero-order valence-electron chi connectivity index (χ0n) is 14.3. The van der Waals surface area contributed by atoms with Crippen molar-refractivity contribution >= 4 is 22.4 Å². The van der Waals surface area contributed by atoms with Gasteiger partial charge in [-0.05, 0) is 66.6 Å². The van der Waals surface area contributed by atoms with Crippen LogP contribution in [0.15, 0.2) is 60.7 Å². The van der Waals surface area contributed by atoms with Crippen LogP contribution in [0.25, 0.3) is 10.8 Å². The number of fused-ring (bicyclic) bond motifs is 1. The van der Waals surface area contributed by atoms with Crippen LogP contribution in [0, 0.1) is 0 Å². The van der Waals surface area contributed by atoms with E-state index < -0.39 is 5.97 Å². The average molecular weight is 335 g/mol. The molecule has 0 saturated heterocycles. The van der Waals surface area contributed by atoms with E-state index in [-0.39, 0.29) is 6.10 Å². The molecule has 2 N–H and O–H groups in total. The first-order valence-electron chi connectivity index (χ1n) is 8.28. The minimum atomic E-state index is -0.908. The number of ether oxygens (including phenoxy) is 1. The van der Waals surface area contributed by atoms with Gasteiger partial charge in [0.1, 0.15) is 5.75 Å². The second-order valence-electron chi connectivity index (χ2n) is 6.25. The van der Waals surface area contributed by atoms with Gasteiger partial charge in [0.05, 0.1) is 11.7 Å². The predicted octanol–water partition coefficient (Wildman–Crippen LogP) is 4.94. The Bertz CT molecular complexity index is 885. The van der Waals surface area contributed by atoms with E-state index in [2.05, 4.69) is 5.32 Å². The van der Waals surface area contributed by atoms with E-state index in [1.54, 1.807) is 12.1 Å². The number of nitrogens with one attached hydrogen (secondary N) is 1. The van der Waals surface area contributed by atoms with Crippen molar-refractivity contribution in [2.24, 2.45) is 0 Å². The number of anilines is 1. The quantitative estimate of drug-likeness (QED) is 0.670. The van der Waals surface area contributed by atoms with Gasteiger partial charge in [0.2, 0.25) is 0 Å². The summed E-state index contributed by atoms with van der Waals surface area (Å²) in [6.45, 7) is 4.73. The normalized spacial score (nSPS) is 10.8. The van der Waals surface area contributed by atoms with Crippen molar-refractivity contribution in [3.63, 3.8) is 0 Å². The fraction of sp³-hybridized carbons (Fsp3) is 0.190. The van der Waals surface area contributed by atoms with Gasteiger partial charge >= 0.3 is 5.97 Å². The molecule has 4 heteroatoms. The van der Waals surface area contributed by atoms with Gasteiger partial charge < -0.3 is 15.2 Å². The number of aromatic carboxylic acids is 1. The molecule has 0 radical (unpaired) electrons. The molecule has 128 valence electrons. The van der Waals surface area contributed by atoms with Gasteiger partial charge in [0.25, 0.3) is 0 Å². The second-order valence-corrected chi connectivity index (χ2v) is 6.25. The van der Waals surface area contributed by atoms with Crippen LogP contribution >= 0.6 is 0 Å². The molecule has 4 nitrogen and oxygen atoms in total. The smallest absolute Gasteiger partial charge is 0.335 e. The largest absolute Gasteiger partial charge is 0.491 e. The maximum absolute atomic E-state index is 11.0. The summed E-state index contributed by atoms with van der Waals surface area (Å²) in [6, 6.07) is 19.1. The summed E-state index contributed by atoms with van der Waals surface area (Å²) in [6.07, 6.45) is 0.170. The maximum Gasteiger partial charge on any atom is 0.335 e. The highest BCUT2D eigenvalue weighted by molar-refractivity contribution is 5.95. The summed E-state index contributed by atoms with van der Waals surface area (Å²) < 4.78 is 5.64. The van der Waals surface area contributed by atoms with Gasteiger partial charge in [-0.3, -0.25) is 0 Å². The monoisotopic (exact) mass is 335 g/mol. The van der Waals surface area contributed by atoms with Crippen molar-refractivity contribution in [3.05, 3.63) is 71.8 Å². The standard InChI is InChI=1S/C21H21NO3/c1-14(2)25-20-9-3-15(4-10-20)13-22-19-8-7-16-11-18(21(23)24)6-5-17(16)12-19/h3-12,14,22H,13H2,1-2H3,(H,23,24). The maximum atomic E-state index is 11.0. The molecule has 0 heterocycles. The van der Waals surface area contributed by atoms with Gasteiger partial charge in [0, 0.05) is 12.2 Å². The Kier molecular flexibility index (Phi) is 4.89. The number of carboxylic acid groups (broad SMARTS) is 1. The lowest BCUT2D eigenvalue weighted by molar-refractivity contribution is 0.0697. The van der Waals surface area contributed by atoms with E-state index in [9.17, 15) is 4.79 Å². The minimum Gasteiger partial charge on any atom is -0.491 e. The van der Waals surface area contributed by atoms with Crippen LogP contribution in [-0.2, 0) is 6.54 Å². The molecule has 0 aromatic heterocycles. The summed E-state index contributed by atoms with van der Waals surface area (Å²) in [5, 5.41) is 14.4. The summed E-state index contributed by atoms with van der Waals surface area (Å²) in [5.41, 5.74) is 2.47. The zero-order valence-corrected chi connectivity index (χ0v) is 14.3. The predicted molar refractivity (Wildman–Crippen MR) is 100 cm³/mol. The first kappa shape index (κ1) is 16.8. The number of benzene rings is 3. The lowest BCUT2D eigenvalue weighted by Crippen LogP contribution is -2.05. The molecule has 0 bridgehead atoms. The highest BCUT2D eigenvalue weighted by Gasteiger charge is 2.04. The molecule has 0 fully saturated rings. The fourth-order valence-electron chi connectivity index (χ4n) is 2.65. The number of hydrogen-bond acceptors (Lipinski definition) is 3. The van der Waals surface area contributed by atoms with E-state index in [0.717, 1.165) is 27.8 Å². The molecule has 0 aliphatic rings. The third kappa shape index (κ3) is 4.29. The molecule has 0 amide bonds. The Morgan fingerprint density at radius 2 is 1.68 bits per heavy atom. The van der Waals surface area contributed by atoms with Gasteiger partial charge in [-0.15, -0.1) is 0 Å².